The molecule has 6 nitrogen and oxygen atoms in total. The maximum atomic E-state index is 11.4. The van der Waals surface area contributed by atoms with Crippen LogP contribution in [0.2, 0.25) is 0 Å². The summed E-state index contributed by atoms with van der Waals surface area (Å²) in [6.45, 7) is 4.52. The minimum absolute atomic E-state index is 0.136. The summed E-state index contributed by atoms with van der Waals surface area (Å²) < 4.78 is 10.8. The lowest BCUT2D eigenvalue weighted by atomic mass is 9.95. The molecule has 1 aliphatic rings. The van der Waals surface area contributed by atoms with E-state index in [4.69, 9.17) is 15.2 Å². The Morgan fingerprint density at radius 3 is 2.26 bits per heavy atom. The number of primary amides is 1. The van der Waals surface area contributed by atoms with Gasteiger partial charge in [-0.15, -0.1) is 0 Å². The molecule has 0 saturated carbocycles. The number of rotatable bonds is 8. The van der Waals surface area contributed by atoms with Crippen LogP contribution in [0.5, 0.6) is 0 Å². The number of likely N-dealkylation sites (tertiary alicyclic amines) is 1. The Morgan fingerprint density at radius 1 is 1.37 bits per heavy atom. The third-order valence-corrected chi connectivity index (χ3v) is 4.14. The van der Waals surface area contributed by atoms with Crippen molar-refractivity contribution in [3.63, 3.8) is 0 Å². The van der Waals surface area contributed by atoms with Crippen LogP contribution in [0.15, 0.2) is 0 Å². The Bertz CT molecular complexity index is 289. The Balaban J connectivity index is 2.36. The standard InChI is InChI=1S/C13H27N3O3/c1-13(15-2,12(14)17)6-5-7-16-8-10(18-3)11(9-16)19-4/h10-11,15H,5-9H2,1-4H3,(H2,14,17). The summed E-state index contributed by atoms with van der Waals surface area (Å²) in [5.74, 6) is -0.305. The summed E-state index contributed by atoms with van der Waals surface area (Å²) in [7, 11) is 5.19. The molecule has 1 heterocycles. The average Bonchev–Trinajstić information content (AvgIpc) is 2.80. The first-order valence-electron chi connectivity index (χ1n) is 6.73. The highest BCUT2D eigenvalue weighted by Gasteiger charge is 2.33. The van der Waals surface area contributed by atoms with Crippen molar-refractivity contribution in [1.82, 2.24) is 10.2 Å². The van der Waals surface area contributed by atoms with Crippen LogP contribution in [0, 0.1) is 0 Å². The molecule has 1 saturated heterocycles. The van der Waals surface area contributed by atoms with Gasteiger partial charge in [0, 0.05) is 27.3 Å². The zero-order valence-corrected chi connectivity index (χ0v) is 12.4. The summed E-state index contributed by atoms with van der Waals surface area (Å²) in [4.78, 5) is 13.7. The fourth-order valence-corrected chi connectivity index (χ4v) is 2.48. The van der Waals surface area contributed by atoms with Gasteiger partial charge in [0.25, 0.3) is 0 Å². The molecule has 1 rings (SSSR count). The second-order valence-corrected chi connectivity index (χ2v) is 5.36. The molecule has 0 aromatic rings. The van der Waals surface area contributed by atoms with Gasteiger partial charge < -0.3 is 20.5 Å². The van der Waals surface area contributed by atoms with E-state index in [9.17, 15) is 4.79 Å². The van der Waals surface area contributed by atoms with Crippen molar-refractivity contribution < 1.29 is 14.3 Å². The molecule has 3 atom stereocenters. The second kappa shape index (κ2) is 7.19. The van der Waals surface area contributed by atoms with E-state index in [1.54, 1.807) is 21.3 Å². The fourth-order valence-electron chi connectivity index (χ4n) is 2.48. The molecule has 1 aliphatic heterocycles. The lowest BCUT2D eigenvalue weighted by molar-refractivity contribution is -0.123. The molecule has 19 heavy (non-hydrogen) atoms. The van der Waals surface area contributed by atoms with Crippen molar-refractivity contribution in [2.45, 2.75) is 37.5 Å². The van der Waals surface area contributed by atoms with E-state index in [-0.39, 0.29) is 18.1 Å². The summed E-state index contributed by atoms with van der Waals surface area (Å²) in [5, 5.41) is 3.00. The third-order valence-electron chi connectivity index (χ3n) is 4.14. The molecule has 1 fully saturated rings. The van der Waals surface area contributed by atoms with Crippen molar-refractivity contribution in [3.8, 4) is 0 Å². The molecule has 0 spiro atoms. The minimum Gasteiger partial charge on any atom is -0.377 e. The SMILES string of the molecule is CNC(C)(CCCN1CC(OC)C(OC)C1)C(N)=O. The van der Waals surface area contributed by atoms with Gasteiger partial charge in [-0.1, -0.05) is 0 Å². The first-order valence-corrected chi connectivity index (χ1v) is 6.73. The monoisotopic (exact) mass is 273 g/mol. The van der Waals surface area contributed by atoms with E-state index in [0.717, 1.165) is 32.5 Å². The van der Waals surface area contributed by atoms with Crippen molar-refractivity contribution in [1.29, 1.82) is 0 Å². The van der Waals surface area contributed by atoms with Crippen LogP contribution in [0.3, 0.4) is 0 Å². The van der Waals surface area contributed by atoms with E-state index in [0.29, 0.717) is 0 Å². The lowest BCUT2D eigenvalue weighted by Crippen LogP contribution is -2.51. The number of carbonyl (C=O) groups is 1. The van der Waals surface area contributed by atoms with Gasteiger partial charge in [-0.05, 0) is 33.4 Å². The molecular formula is C13H27N3O3. The van der Waals surface area contributed by atoms with Crippen LogP contribution in [-0.2, 0) is 14.3 Å². The number of amides is 1. The van der Waals surface area contributed by atoms with Gasteiger partial charge in [0.2, 0.25) is 5.91 Å². The van der Waals surface area contributed by atoms with Crippen LogP contribution in [0.4, 0.5) is 0 Å². The van der Waals surface area contributed by atoms with Gasteiger partial charge in [-0.3, -0.25) is 9.69 Å². The van der Waals surface area contributed by atoms with E-state index in [2.05, 4.69) is 10.2 Å². The molecule has 0 radical (unpaired) electrons. The molecule has 3 unspecified atom stereocenters. The second-order valence-electron chi connectivity index (χ2n) is 5.36. The predicted octanol–water partition coefficient (Wildman–Crippen LogP) is -0.424. The maximum Gasteiger partial charge on any atom is 0.237 e. The zero-order chi connectivity index (χ0) is 14.5. The van der Waals surface area contributed by atoms with E-state index >= 15 is 0 Å². The van der Waals surface area contributed by atoms with Crippen molar-refractivity contribution in [2.24, 2.45) is 5.73 Å². The van der Waals surface area contributed by atoms with Gasteiger partial charge in [-0.2, -0.15) is 0 Å². The Kier molecular flexibility index (Phi) is 6.19. The van der Waals surface area contributed by atoms with Crippen molar-refractivity contribution >= 4 is 5.91 Å². The fraction of sp³-hybridized carbons (Fsp3) is 0.923. The maximum absolute atomic E-state index is 11.4. The number of methoxy groups -OCH3 is 2. The molecule has 0 aromatic carbocycles. The number of ether oxygens (including phenoxy) is 2. The molecular weight excluding hydrogens is 246 g/mol. The number of nitrogens with zero attached hydrogens (tertiary/aromatic N) is 1. The normalized spacial score (nSPS) is 27.4. The van der Waals surface area contributed by atoms with Crippen LogP contribution < -0.4 is 11.1 Å². The number of hydrogen-bond donors (Lipinski definition) is 2. The number of hydrogen-bond acceptors (Lipinski definition) is 5. The molecule has 0 aromatic heterocycles. The van der Waals surface area contributed by atoms with Crippen molar-refractivity contribution in [3.05, 3.63) is 0 Å². The van der Waals surface area contributed by atoms with Crippen molar-refractivity contribution in [2.75, 3.05) is 40.9 Å². The number of nitrogens with two attached hydrogens (primary N) is 1. The van der Waals surface area contributed by atoms with Gasteiger partial charge in [-0.25, -0.2) is 0 Å². The summed E-state index contributed by atoms with van der Waals surface area (Å²) >= 11 is 0. The number of carbonyl (C=O) groups excluding carboxylic acids is 1. The highest BCUT2D eigenvalue weighted by Crippen LogP contribution is 2.18. The minimum atomic E-state index is -0.624. The van der Waals surface area contributed by atoms with E-state index < -0.39 is 5.54 Å². The molecule has 1 amide bonds. The highest BCUT2D eigenvalue weighted by molar-refractivity contribution is 5.84. The quantitative estimate of drug-likeness (QED) is 0.628. The van der Waals surface area contributed by atoms with Crippen LogP contribution in [0.25, 0.3) is 0 Å². The average molecular weight is 273 g/mol. The van der Waals surface area contributed by atoms with Crippen LogP contribution in [0.1, 0.15) is 19.8 Å². The van der Waals surface area contributed by atoms with Gasteiger partial charge in [0.1, 0.15) is 0 Å². The Labute approximate surface area is 115 Å². The zero-order valence-electron chi connectivity index (χ0n) is 12.4. The molecule has 112 valence electrons. The van der Waals surface area contributed by atoms with Crippen LogP contribution >= 0.6 is 0 Å². The van der Waals surface area contributed by atoms with E-state index in [1.807, 2.05) is 6.92 Å². The molecule has 6 heteroatoms. The van der Waals surface area contributed by atoms with Crippen LogP contribution in [-0.4, -0.2) is 69.5 Å². The number of likely N-dealkylation sites (N-methyl/N-ethyl adjacent to an activating group) is 1. The summed E-state index contributed by atoms with van der Waals surface area (Å²) in [6, 6.07) is 0. The predicted molar refractivity (Wildman–Crippen MR) is 73.9 cm³/mol. The Morgan fingerprint density at radius 2 is 1.89 bits per heavy atom. The first kappa shape index (κ1) is 16.4. The highest BCUT2D eigenvalue weighted by atomic mass is 16.5. The smallest absolute Gasteiger partial charge is 0.237 e. The number of nitrogens with one attached hydrogen (secondary N) is 1. The lowest BCUT2D eigenvalue weighted by Gasteiger charge is -2.26. The van der Waals surface area contributed by atoms with Gasteiger partial charge >= 0.3 is 0 Å². The molecule has 0 bridgehead atoms. The molecule has 3 N–H and O–H groups in total. The Hall–Kier alpha value is -0.690. The third kappa shape index (κ3) is 4.14. The van der Waals surface area contributed by atoms with E-state index in [1.165, 1.54) is 0 Å². The topological polar surface area (TPSA) is 76.8 Å². The first-order chi connectivity index (χ1) is 8.96. The van der Waals surface area contributed by atoms with Gasteiger partial charge in [0.15, 0.2) is 0 Å². The summed E-state index contributed by atoms with van der Waals surface area (Å²) in [6.07, 6.45) is 1.91. The van der Waals surface area contributed by atoms with Gasteiger partial charge in [0.05, 0.1) is 17.7 Å². The summed E-state index contributed by atoms with van der Waals surface area (Å²) in [5.41, 5.74) is 4.78. The largest absolute Gasteiger partial charge is 0.377 e. The molecule has 0 aliphatic carbocycles.